The van der Waals surface area contributed by atoms with Crippen LogP contribution in [-0.2, 0) is 19.3 Å². The van der Waals surface area contributed by atoms with Crippen molar-refractivity contribution in [2.24, 2.45) is 0 Å². The molecule has 4 aromatic carbocycles. The Labute approximate surface area is 186 Å². The molecular weight excluding hydrogens is 376 g/mol. The lowest BCUT2D eigenvalue weighted by atomic mass is 9.90. The molecular formula is C30H30O. The highest BCUT2D eigenvalue weighted by Gasteiger charge is 2.14. The second-order valence-electron chi connectivity index (χ2n) is 8.64. The average molecular weight is 407 g/mol. The van der Waals surface area contributed by atoms with Crippen molar-refractivity contribution >= 4 is 0 Å². The fourth-order valence-corrected chi connectivity index (χ4v) is 4.53. The van der Waals surface area contributed by atoms with Gasteiger partial charge in [-0.05, 0) is 71.7 Å². The molecule has 0 heterocycles. The van der Waals surface area contributed by atoms with Crippen LogP contribution in [-0.4, -0.2) is 5.11 Å². The molecule has 4 aromatic rings. The molecule has 1 nitrogen and oxygen atoms in total. The van der Waals surface area contributed by atoms with Gasteiger partial charge in [0.25, 0.3) is 0 Å². The monoisotopic (exact) mass is 406 g/mol. The van der Waals surface area contributed by atoms with Gasteiger partial charge in [-0.3, -0.25) is 0 Å². The molecule has 1 heteroatoms. The molecule has 0 aliphatic heterocycles. The van der Waals surface area contributed by atoms with Gasteiger partial charge in [0.15, 0.2) is 0 Å². The average Bonchev–Trinajstić information content (AvgIpc) is 2.75. The summed E-state index contributed by atoms with van der Waals surface area (Å²) < 4.78 is 0. The predicted octanol–water partition coefficient (Wildman–Crippen LogP) is 7.09. The standard InChI is InChI=1S/C30H30O/c1-21-14-22(2)29(23(3)15-21)20-26-18-27(16-24-10-6-4-7-11-24)30(31)28(19-26)17-25-12-8-5-9-13-25/h4-15,18-19,31H,16-17,20H2,1-3H3. The van der Waals surface area contributed by atoms with Gasteiger partial charge in [0.1, 0.15) is 5.75 Å². The molecule has 0 amide bonds. The first-order valence-electron chi connectivity index (χ1n) is 11.0. The van der Waals surface area contributed by atoms with Crippen LogP contribution in [0.4, 0.5) is 0 Å². The summed E-state index contributed by atoms with van der Waals surface area (Å²) in [5.74, 6) is 0.425. The van der Waals surface area contributed by atoms with Crippen LogP contribution in [0.5, 0.6) is 5.75 Å². The normalized spacial score (nSPS) is 10.9. The third-order valence-electron chi connectivity index (χ3n) is 6.02. The van der Waals surface area contributed by atoms with Gasteiger partial charge >= 0.3 is 0 Å². The van der Waals surface area contributed by atoms with Crippen LogP contribution in [0.3, 0.4) is 0 Å². The van der Waals surface area contributed by atoms with Crippen molar-refractivity contribution < 1.29 is 5.11 Å². The SMILES string of the molecule is Cc1cc(C)c(Cc2cc(Cc3ccccc3)c(O)c(Cc3ccccc3)c2)c(C)c1. The molecule has 0 fully saturated rings. The van der Waals surface area contributed by atoms with Gasteiger partial charge in [-0.1, -0.05) is 90.5 Å². The number of benzene rings is 4. The molecule has 31 heavy (non-hydrogen) atoms. The maximum absolute atomic E-state index is 11.1. The van der Waals surface area contributed by atoms with Gasteiger partial charge in [-0.2, -0.15) is 0 Å². The number of hydrogen-bond acceptors (Lipinski definition) is 1. The van der Waals surface area contributed by atoms with Gasteiger partial charge in [-0.15, -0.1) is 0 Å². The molecule has 156 valence electrons. The van der Waals surface area contributed by atoms with Gasteiger partial charge in [-0.25, -0.2) is 0 Å². The van der Waals surface area contributed by atoms with Crippen LogP contribution in [0.15, 0.2) is 84.9 Å². The van der Waals surface area contributed by atoms with Crippen molar-refractivity contribution in [3.63, 3.8) is 0 Å². The van der Waals surface area contributed by atoms with Gasteiger partial charge in [0.05, 0.1) is 0 Å². The van der Waals surface area contributed by atoms with Crippen LogP contribution in [0.2, 0.25) is 0 Å². The molecule has 1 N–H and O–H groups in total. The second kappa shape index (κ2) is 9.22. The Morgan fingerprint density at radius 2 is 1.00 bits per heavy atom. The van der Waals surface area contributed by atoms with E-state index < -0.39 is 0 Å². The molecule has 0 atom stereocenters. The molecule has 0 bridgehead atoms. The first-order chi connectivity index (χ1) is 15.0. The Bertz CT molecular complexity index is 1090. The maximum Gasteiger partial charge on any atom is 0.122 e. The van der Waals surface area contributed by atoms with E-state index in [1.165, 1.54) is 38.9 Å². The van der Waals surface area contributed by atoms with Crippen molar-refractivity contribution in [3.8, 4) is 5.75 Å². The summed E-state index contributed by atoms with van der Waals surface area (Å²) in [4.78, 5) is 0. The number of phenolic OH excluding ortho intramolecular Hbond substituents is 1. The van der Waals surface area contributed by atoms with E-state index in [1.807, 2.05) is 12.1 Å². The number of aryl methyl sites for hydroxylation is 3. The molecule has 0 radical (unpaired) electrons. The topological polar surface area (TPSA) is 20.2 Å². The molecule has 0 saturated carbocycles. The number of hydrogen-bond donors (Lipinski definition) is 1. The van der Waals surface area contributed by atoms with Crippen LogP contribution in [0.25, 0.3) is 0 Å². The maximum atomic E-state index is 11.1. The quantitative estimate of drug-likeness (QED) is 0.362. The molecule has 0 unspecified atom stereocenters. The predicted molar refractivity (Wildman–Crippen MR) is 130 cm³/mol. The van der Waals surface area contributed by atoms with Crippen LogP contribution < -0.4 is 0 Å². The van der Waals surface area contributed by atoms with Gasteiger partial charge in [0.2, 0.25) is 0 Å². The van der Waals surface area contributed by atoms with E-state index in [4.69, 9.17) is 0 Å². The van der Waals surface area contributed by atoms with Gasteiger partial charge in [0, 0.05) is 12.8 Å². The van der Waals surface area contributed by atoms with Crippen molar-refractivity contribution in [3.05, 3.63) is 135 Å². The summed E-state index contributed by atoms with van der Waals surface area (Å²) in [6, 6.07) is 29.7. The fraction of sp³-hybridized carbons (Fsp3) is 0.200. The summed E-state index contributed by atoms with van der Waals surface area (Å²) in [6.07, 6.45) is 2.34. The Hall–Kier alpha value is -3.32. The molecule has 0 saturated heterocycles. The van der Waals surface area contributed by atoms with Crippen molar-refractivity contribution in [2.45, 2.75) is 40.0 Å². The lowest BCUT2D eigenvalue weighted by Gasteiger charge is -2.16. The van der Waals surface area contributed by atoms with Gasteiger partial charge < -0.3 is 5.11 Å². The minimum absolute atomic E-state index is 0.425. The molecule has 4 rings (SSSR count). The second-order valence-corrected chi connectivity index (χ2v) is 8.64. The van der Waals surface area contributed by atoms with Crippen molar-refractivity contribution in [1.29, 1.82) is 0 Å². The number of rotatable bonds is 6. The fourth-order valence-electron chi connectivity index (χ4n) is 4.53. The summed E-state index contributed by atoms with van der Waals surface area (Å²) in [7, 11) is 0. The van der Waals surface area contributed by atoms with E-state index in [1.54, 1.807) is 0 Å². The Morgan fingerprint density at radius 3 is 1.45 bits per heavy atom. The summed E-state index contributed by atoms with van der Waals surface area (Å²) in [5.41, 5.74) is 11.0. The molecule has 0 aliphatic carbocycles. The Balaban J connectivity index is 1.75. The smallest absolute Gasteiger partial charge is 0.122 e. The number of aromatic hydroxyl groups is 1. The summed E-state index contributed by atoms with van der Waals surface area (Å²) in [5, 5.41) is 11.1. The molecule has 0 spiro atoms. The highest BCUT2D eigenvalue weighted by molar-refractivity contribution is 5.50. The first-order valence-corrected chi connectivity index (χ1v) is 11.0. The minimum atomic E-state index is 0.425. The molecule has 0 aliphatic rings. The lowest BCUT2D eigenvalue weighted by molar-refractivity contribution is 0.463. The minimum Gasteiger partial charge on any atom is -0.507 e. The van der Waals surface area contributed by atoms with Crippen LogP contribution in [0.1, 0.15) is 50.1 Å². The van der Waals surface area contributed by atoms with E-state index in [0.29, 0.717) is 5.75 Å². The lowest BCUT2D eigenvalue weighted by Crippen LogP contribution is -2.01. The van der Waals surface area contributed by atoms with Crippen LogP contribution in [0, 0.1) is 20.8 Å². The van der Waals surface area contributed by atoms with E-state index in [0.717, 1.165) is 30.4 Å². The Morgan fingerprint density at radius 1 is 0.548 bits per heavy atom. The number of phenols is 1. The zero-order valence-corrected chi connectivity index (χ0v) is 18.7. The van der Waals surface area contributed by atoms with E-state index in [2.05, 4.69) is 93.6 Å². The third kappa shape index (κ3) is 5.06. The summed E-state index contributed by atoms with van der Waals surface area (Å²) >= 11 is 0. The zero-order chi connectivity index (χ0) is 21.8. The van der Waals surface area contributed by atoms with Crippen molar-refractivity contribution in [1.82, 2.24) is 0 Å². The Kier molecular flexibility index (Phi) is 6.23. The summed E-state index contributed by atoms with van der Waals surface area (Å²) in [6.45, 7) is 6.55. The van der Waals surface area contributed by atoms with E-state index in [9.17, 15) is 5.11 Å². The van der Waals surface area contributed by atoms with Crippen LogP contribution >= 0.6 is 0 Å². The molecule has 0 aromatic heterocycles. The van der Waals surface area contributed by atoms with E-state index in [-0.39, 0.29) is 0 Å². The first kappa shape index (κ1) is 20.9. The van der Waals surface area contributed by atoms with E-state index >= 15 is 0 Å². The highest BCUT2D eigenvalue weighted by atomic mass is 16.3. The third-order valence-corrected chi connectivity index (χ3v) is 6.02. The highest BCUT2D eigenvalue weighted by Crippen LogP contribution is 2.31. The largest absolute Gasteiger partial charge is 0.507 e. The van der Waals surface area contributed by atoms with Crippen molar-refractivity contribution in [2.75, 3.05) is 0 Å². The zero-order valence-electron chi connectivity index (χ0n) is 18.7.